The van der Waals surface area contributed by atoms with Crippen molar-refractivity contribution in [1.29, 1.82) is 5.26 Å². The van der Waals surface area contributed by atoms with Crippen LogP contribution in [-0.2, 0) is 22.5 Å². The largest absolute Gasteiger partial charge is 0.462 e. The molecule has 168 valence electrons. The number of halogens is 2. The Kier molecular flexibility index (Phi) is 8.05. The SMILES string of the molecule is CCOC(=O)c1c(CC#N)nc(C)c(C(=O)OCc2ccccc2)c1-c1ccc(Cl)cc1Cl. The maximum absolute atomic E-state index is 13.3. The van der Waals surface area contributed by atoms with Gasteiger partial charge in [-0.2, -0.15) is 5.26 Å². The highest BCUT2D eigenvalue weighted by Gasteiger charge is 2.30. The summed E-state index contributed by atoms with van der Waals surface area (Å²) in [7, 11) is 0. The summed E-state index contributed by atoms with van der Waals surface area (Å²) >= 11 is 12.5. The summed E-state index contributed by atoms with van der Waals surface area (Å²) < 4.78 is 10.8. The van der Waals surface area contributed by atoms with Gasteiger partial charge in [0.15, 0.2) is 0 Å². The zero-order chi connectivity index (χ0) is 24.0. The van der Waals surface area contributed by atoms with Crippen LogP contribution in [0.15, 0.2) is 48.5 Å². The third-order valence-corrected chi connectivity index (χ3v) is 5.34. The molecule has 3 rings (SSSR count). The second-order valence-electron chi connectivity index (χ2n) is 7.01. The van der Waals surface area contributed by atoms with Crippen LogP contribution in [0.2, 0.25) is 10.0 Å². The smallest absolute Gasteiger partial charge is 0.340 e. The summed E-state index contributed by atoms with van der Waals surface area (Å²) in [6.45, 7) is 3.40. The molecule has 0 aliphatic heterocycles. The fraction of sp³-hybridized carbons (Fsp3) is 0.200. The van der Waals surface area contributed by atoms with Crippen molar-refractivity contribution in [2.24, 2.45) is 0 Å². The molecule has 0 radical (unpaired) electrons. The Labute approximate surface area is 201 Å². The molecule has 0 atom stereocenters. The number of nitriles is 1. The molecule has 0 N–H and O–H groups in total. The fourth-order valence-electron chi connectivity index (χ4n) is 3.40. The molecule has 0 bridgehead atoms. The zero-order valence-electron chi connectivity index (χ0n) is 18.0. The first-order valence-corrected chi connectivity index (χ1v) is 10.9. The summed E-state index contributed by atoms with van der Waals surface area (Å²) in [5.74, 6) is -1.40. The molecule has 0 unspecified atom stereocenters. The van der Waals surface area contributed by atoms with Crippen molar-refractivity contribution in [3.05, 3.63) is 86.7 Å². The van der Waals surface area contributed by atoms with Gasteiger partial charge in [-0.15, -0.1) is 0 Å². The quantitative estimate of drug-likeness (QED) is 0.385. The minimum atomic E-state index is -0.714. The minimum Gasteiger partial charge on any atom is -0.462 e. The fourth-order valence-corrected chi connectivity index (χ4v) is 3.90. The van der Waals surface area contributed by atoms with Gasteiger partial charge in [0, 0.05) is 21.2 Å². The van der Waals surface area contributed by atoms with E-state index in [1.54, 1.807) is 26.0 Å². The first-order valence-electron chi connectivity index (χ1n) is 10.1. The predicted octanol–water partition coefficient (Wildman–Crippen LogP) is 5.96. The van der Waals surface area contributed by atoms with Crippen LogP contribution >= 0.6 is 23.2 Å². The second-order valence-corrected chi connectivity index (χ2v) is 7.85. The lowest BCUT2D eigenvalue weighted by Crippen LogP contribution is -2.18. The number of hydrogen-bond acceptors (Lipinski definition) is 6. The summed E-state index contributed by atoms with van der Waals surface area (Å²) in [6, 6.07) is 15.9. The molecule has 0 saturated carbocycles. The molecule has 3 aromatic rings. The van der Waals surface area contributed by atoms with Crippen LogP contribution < -0.4 is 0 Å². The molecule has 33 heavy (non-hydrogen) atoms. The molecule has 0 fully saturated rings. The van der Waals surface area contributed by atoms with Crippen molar-refractivity contribution in [2.45, 2.75) is 26.9 Å². The highest BCUT2D eigenvalue weighted by molar-refractivity contribution is 6.36. The average molecular weight is 483 g/mol. The number of ether oxygens (including phenoxy) is 2. The predicted molar refractivity (Wildman–Crippen MR) is 125 cm³/mol. The van der Waals surface area contributed by atoms with E-state index in [0.717, 1.165) is 5.56 Å². The lowest BCUT2D eigenvalue weighted by molar-refractivity contribution is 0.0472. The number of hydrogen-bond donors (Lipinski definition) is 0. The summed E-state index contributed by atoms with van der Waals surface area (Å²) in [5, 5.41) is 9.92. The van der Waals surface area contributed by atoms with E-state index in [1.165, 1.54) is 6.07 Å². The van der Waals surface area contributed by atoms with Crippen molar-refractivity contribution in [1.82, 2.24) is 4.98 Å². The molecule has 8 heteroatoms. The zero-order valence-corrected chi connectivity index (χ0v) is 19.5. The first-order chi connectivity index (χ1) is 15.9. The molecule has 1 aromatic heterocycles. The normalized spacial score (nSPS) is 10.4. The molecule has 6 nitrogen and oxygen atoms in total. The van der Waals surface area contributed by atoms with Crippen LogP contribution in [0.25, 0.3) is 11.1 Å². The van der Waals surface area contributed by atoms with Gasteiger partial charge in [-0.25, -0.2) is 9.59 Å². The van der Waals surface area contributed by atoms with Crippen LogP contribution in [0, 0.1) is 18.3 Å². The Morgan fingerprint density at radius 3 is 2.36 bits per heavy atom. The van der Waals surface area contributed by atoms with Gasteiger partial charge < -0.3 is 9.47 Å². The van der Waals surface area contributed by atoms with Gasteiger partial charge in [0.1, 0.15) is 6.61 Å². The van der Waals surface area contributed by atoms with Gasteiger partial charge in [-0.05, 0) is 31.5 Å². The highest BCUT2D eigenvalue weighted by atomic mass is 35.5. The molecular weight excluding hydrogens is 463 g/mol. The highest BCUT2D eigenvalue weighted by Crippen LogP contribution is 2.38. The van der Waals surface area contributed by atoms with E-state index < -0.39 is 11.9 Å². The Morgan fingerprint density at radius 2 is 1.73 bits per heavy atom. The number of pyridine rings is 1. The van der Waals surface area contributed by atoms with Crippen molar-refractivity contribution >= 4 is 35.1 Å². The summed E-state index contributed by atoms with van der Waals surface area (Å²) in [5.41, 5.74) is 1.93. The molecule has 0 aliphatic carbocycles. The van der Waals surface area contributed by atoms with Gasteiger partial charge in [-0.3, -0.25) is 4.98 Å². The van der Waals surface area contributed by atoms with E-state index in [9.17, 15) is 14.9 Å². The molecule has 0 amide bonds. The van der Waals surface area contributed by atoms with E-state index in [4.69, 9.17) is 32.7 Å². The number of nitrogens with zero attached hydrogens (tertiary/aromatic N) is 2. The van der Waals surface area contributed by atoms with Crippen LogP contribution in [0.4, 0.5) is 0 Å². The van der Waals surface area contributed by atoms with E-state index in [0.29, 0.717) is 16.3 Å². The molecular formula is C25H20Cl2N2O4. The van der Waals surface area contributed by atoms with Gasteiger partial charge in [0.05, 0.1) is 41.6 Å². The molecule has 0 aliphatic rings. The van der Waals surface area contributed by atoms with Crippen LogP contribution in [0.5, 0.6) is 0 Å². The summed E-state index contributed by atoms with van der Waals surface area (Å²) in [4.78, 5) is 30.6. The second kappa shape index (κ2) is 11.0. The first kappa shape index (κ1) is 24.2. The minimum absolute atomic E-state index is 0.000108. The number of carbonyl (C=O) groups is 2. The maximum Gasteiger partial charge on any atom is 0.340 e. The van der Waals surface area contributed by atoms with Crippen LogP contribution in [-0.4, -0.2) is 23.5 Å². The average Bonchev–Trinajstić information content (AvgIpc) is 2.78. The third-order valence-electron chi connectivity index (χ3n) is 4.80. The van der Waals surface area contributed by atoms with Gasteiger partial charge in [0.2, 0.25) is 0 Å². The van der Waals surface area contributed by atoms with E-state index in [1.807, 2.05) is 36.4 Å². The number of esters is 2. The molecule has 1 heterocycles. The van der Waals surface area contributed by atoms with Crippen LogP contribution in [0.3, 0.4) is 0 Å². The lowest BCUT2D eigenvalue weighted by Gasteiger charge is -2.19. The van der Waals surface area contributed by atoms with Crippen molar-refractivity contribution in [3.8, 4) is 17.2 Å². The van der Waals surface area contributed by atoms with Crippen molar-refractivity contribution in [2.75, 3.05) is 6.61 Å². The third kappa shape index (κ3) is 5.51. The van der Waals surface area contributed by atoms with Crippen molar-refractivity contribution < 1.29 is 19.1 Å². The number of aromatic nitrogens is 1. The number of aryl methyl sites for hydroxylation is 1. The van der Waals surface area contributed by atoms with Crippen LogP contribution in [0.1, 0.15) is 44.6 Å². The maximum atomic E-state index is 13.3. The standard InChI is InChI=1S/C25H20Cl2N2O4/c1-3-32-25(31)23-20(11-12-28)29-15(2)21(22(23)18-10-9-17(26)13-19(18)27)24(30)33-14-16-7-5-4-6-8-16/h4-10,13H,3,11,14H2,1-2H3. The number of benzene rings is 2. The Morgan fingerprint density at radius 1 is 1.03 bits per heavy atom. The Balaban J connectivity index is 2.24. The molecule has 0 saturated heterocycles. The number of rotatable bonds is 7. The lowest BCUT2D eigenvalue weighted by atomic mass is 9.91. The monoisotopic (exact) mass is 482 g/mol. The van der Waals surface area contributed by atoms with E-state index >= 15 is 0 Å². The Hall–Kier alpha value is -3.40. The van der Waals surface area contributed by atoms with E-state index in [-0.39, 0.29) is 47.0 Å². The van der Waals surface area contributed by atoms with Gasteiger partial charge in [-0.1, -0.05) is 59.6 Å². The summed E-state index contributed by atoms with van der Waals surface area (Å²) in [6.07, 6.45) is -0.160. The van der Waals surface area contributed by atoms with Crippen molar-refractivity contribution in [3.63, 3.8) is 0 Å². The van der Waals surface area contributed by atoms with Gasteiger partial charge in [0.25, 0.3) is 0 Å². The molecule has 0 spiro atoms. The topological polar surface area (TPSA) is 89.3 Å². The Bertz CT molecular complexity index is 1240. The van der Waals surface area contributed by atoms with Gasteiger partial charge >= 0.3 is 11.9 Å². The molecule has 2 aromatic carbocycles. The van der Waals surface area contributed by atoms with E-state index in [2.05, 4.69) is 4.98 Å². The number of carbonyl (C=O) groups excluding carboxylic acids is 2.